The quantitative estimate of drug-likeness (QED) is 0.0843. The zero-order chi connectivity index (χ0) is 25.7. The molecule has 1 N–H and O–H groups in total. The summed E-state index contributed by atoms with van der Waals surface area (Å²) in [4.78, 5) is 29.5. The van der Waals surface area contributed by atoms with E-state index in [4.69, 9.17) is 4.42 Å². The molecular formula is C28H24F2N2O3S. The van der Waals surface area contributed by atoms with E-state index in [1.807, 2.05) is 0 Å². The number of isothiocyanates is 1. The van der Waals surface area contributed by atoms with Gasteiger partial charge in [-0.3, -0.25) is 9.59 Å². The molecule has 0 radical (unpaired) electrons. The van der Waals surface area contributed by atoms with Crippen LogP contribution in [0.5, 0.6) is 0 Å². The molecule has 36 heavy (non-hydrogen) atoms. The molecular weight excluding hydrogens is 482 g/mol. The minimum absolute atomic E-state index is 0.0578. The number of halogens is 2. The largest absolute Gasteiger partial charge is 0.456 e. The van der Waals surface area contributed by atoms with Crippen molar-refractivity contribution in [3.63, 3.8) is 0 Å². The van der Waals surface area contributed by atoms with E-state index in [-0.39, 0.29) is 33.5 Å². The van der Waals surface area contributed by atoms with Crippen molar-refractivity contribution in [2.45, 2.75) is 32.6 Å². The van der Waals surface area contributed by atoms with Gasteiger partial charge < -0.3 is 9.73 Å². The molecule has 1 heterocycles. The Balaban J connectivity index is 1.71. The average molecular weight is 507 g/mol. The fourth-order valence-corrected chi connectivity index (χ4v) is 4.28. The maximum atomic E-state index is 15.1. The van der Waals surface area contributed by atoms with Gasteiger partial charge in [0, 0.05) is 47.3 Å². The highest BCUT2D eigenvalue weighted by Crippen LogP contribution is 2.37. The number of carbonyl (C=O) groups is 1. The number of thiocarbonyl (C=S) groups is 1. The third-order valence-corrected chi connectivity index (χ3v) is 6.18. The number of rotatable bonds is 10. The minimum atomic E-state index is -1.01. The Morgan fingerprint density at radius 3 is 2.61 bits per heavy atom. The van der Waals surface area contributed by atoms with Crippen LogP contribution in [0.2, 0.25) is 0 Å². The number of benzene rings is 3. The summed E-state index contributed by atoms with van der Waals surface area (Å²) in [5, 5.41) is 5.62. The number of aliphatic imine (C=N–C) groups is 1. The fourth-order valence-electron chi connectivity index (χ4n) is 4.19. The number of nitrogens with zero attached hydrogens (tertiary/aromatic N) is 1. The molecule has 4 rings (SSSR count). The molecule has 184 valence electrons. The van der Waals surface area contributed by atoms with Gasteiger partial charge in [0.25, 0.3) is 0 Å². The predicted molar refractivity (Wildman–Crippen MR) is 140 cm³/mol. The SMILES string of the molecule is Cc1ccccc1C(=O)c1c2cc(F)c(=O)cc-2oc2cc(NCCCCCCN=C=S)c(F)cc12. The van der Waals surface area contributed by atoms with Crippen molar-refractivity contribution in [2.24, 2.45) is 4.99 Å². The Morgan fingerprint density at radius 2 is 1.83 bits per heavy atom. The van der Waals surface area contributed by atoms with Crippen LogP contribution in [0.3, 0.4) is 0 Å². The molecule has 2 aromatic carbocycles. The molecule has 8 heteroatoms. The van der Waals surface area contributed by atoms with Crippen LogP contribution in [0, 0.1) is 18.6 Å². The third kappa shape index (κ3) is 5.40. The highest BCUT2D eigenvalue weighted by atomic mass is 32.1. The number of nitrogens with one attached hydrogen (secondary N) is 1. The summed E-state index contributed by atoms with van der Waals surface area (Å²) in [6.45, 7) is 2.98. The normalized spacial score (nSPS) is 11.0. The van der Waals surface area contributed by atoms with E-state index in [1.54, 1.807) is 31.2 Å². The second kappa shape index (κ2) is 11.3. The second-order valence-corrected chi connectivity index (χ2v) is 8.72. The lowest BCUT2D eigenvalue weighted by Crippen LogP contribution is -2.12. The first-order valence-electron chi connectivity index (χ1n) is 11.7. The standard InChI is InChI=1S/C28H24F2N2O3S/c1-17-8-4-5-9-18(17)28(34)27-19-12-21(29)23(32-11-7-3-2-6-10-31-16-36)14-25(19)35-26-15-24(33)22(30)13-20(26)27/h4-5,8-9,12-15,32H,2-3,6-7,10-11H2,1H3. The van der Waals surface area contributed by atoms with Crippen molar-refractivity contribution in [1.82, 2.24) is 0 Å². The van der Waals surface area contributed by atoms with Gasteiger partial charge in [0.05, 0.1) is 10.8 Å². The maximum absolute atomic E-state index is 15.1. The number of unbranched alkanes of at least 4 members (excludes halogenated alkanes) is 3. The van der Waals surface area contributed by atoms with Crippen LogP contribution in [0.25, 0.3) is 22.3 Å². The lowest BCUT2D eigenvalue weighted by Gasteiger charge is -2.16. The molecule has 0 unspecified atom stereocenters. The van der Waals surface area contributed by atoms with Gasteiger partial charge in [0.2, 0.25) is 5.43 Å². The molecule has 0 spiro atoms. The number of anilines is 1. The minimum Gasteiger partial charge on any atom is -0.456 e. The maximum Gasteiger partial charge on any atom is 0.217 e. The molecule has 0 saturated heterocycles. The van der Waals surface area contributed by atoms with Gasteiger partial charge in [-0.05, 0) is 49.7 Å². The first-order chi connectivity index (χ1) is 17.4. The Bertz CT molecular complexity index is 1510. The van der Waals surface area contributed by atoms with Crippen molar-refractivity contribution < 1.29 is 18.0 Å². The van der Waals surface area contributed by atoms with E-state index in [0.717, 1.165) is 43.4 Å². The van der Waals surface area contributed by atoms with Gasteiger partial charge >= 0.3 is 0 Å². The van der Waals surface area contributed by atoms with Crippen LogP contribution in [-0.4, -0.2) is 24.0 Å². The molecule has 1 aliphatic carbocycles. The van der Waals surface area contributed by atoms with E-state index in [0.29, 0.717) is 18.7 Å². The number of hydrogen-bond donors (Lipinski definition) is 1. The van der Waals surface area contributed by atoms with Crippen LogP contribution in [-0.2, 0) is 0 Å². The van der Waals surface area contributed by atoms with E-state index >= 15 is 4.39 Å². The molecule has 1 aliphatic heterocycles. The van der Waals surface area contributed by atoms with E-state index < -0.39 is 22.8 Å². The van der Waals surface area contributed by atoms with Crippen LogP contribution in [0.15, 0.2) is 62.7 Å². The number of aryl methyl sites for hydroxylation is 1. The second-order valence-electron chi connectivity index (χ2n) is 8.54. The highest BCUT2D eigenvalue weighted by Gasteiger charge is 2.25. The van der Waals surface area contributed by atoms with Gasteiger partial charge in [0.15, 0.2) is 11.6 Å². The summed E-state index contributed by atoms with van der Waals surface area (Å²) in [5.74, 6) is -1.92. The zero-order valence-electron chi connectivity index (χ0n) is 19.7. The summed E-state index contributed by atoms with van der Waals surface area (Å²) in [7, 11) is 0. The lowest BCUT2D eigenvalue weighted by molar-refractivity contribution is 0.104. The van der Waals surface area contributed by atoms with Crippen LogP contribution < -0.4 is 10.7 Å². The smallest absolute Gasteiger partial charge is 0.217 e. The molecule has 0 amide bonds. The Labute approximate surface area is 212 Å². The Morgan fingerprint density at radius 1 is 1.06 bits per heavy atom. The van der Waals surface area contributed by atoms with Crippen molar-refractivity contribution in [2.75, 3.05) is 18.4 Å². The van der Waals surface area contributed by atoms with Gasteiger partial charge in [-0.15, -0.1) is 0 Å². The number of carbonyl (C=O) groups excluding carboxylic acids is 1. The fraction of sp³-hybridized carbons (Fsp3) is 0.250. The molecule has 2 aliphatic rings. The van der Waals surface area contributed by atoms with Gasteiger partial charge in [-0.1, -0.05) is 37.1 Å². The summed E-state index contributed by atoms with van der Waals surface area (Å²) >= 11 is 4.54. The summed E-state index contributed by atoms with van der Waals surface area (Å²) in [6, 6.07) is 11.7. The topological polar surface area (TPSA) is 71.7 Å². The van der Waals surface area contributed by atoms with Gasteiger partial charge in [0.1, 0.15) is 17.2 Å². The van der Waals surface area contributed by atoms with Crippen molar-refractivity contribution >= 4 is 39.8 Å². The third-order valence-electron chi connectivity index (χ3n) is 6.06. The molecule has 0 saturated carbocycles. The monoisotopic (exact) mass is 506 g/mol. The van der Waals surface area contributed by atoms with E-state index in [2.05, 4.69) is 27.7 Å². The number of fused-ring (bicyclic) bond motifs is 2. The van der Waals surface area contributed by atoms with Crippen LogP contribution in [0.4, 0.5) is 14.5 Å². The summed E-state index contributed by atoms with van der Waals surface area (Å²) in [5.41, 5.74) is 0.906. The summed E-state index contributed by atoms with van der Waals surface area (Å²) < 4.78 is 35.2. The van der Waals surface area contributed by atoms with Crippen LogP contribution in [0.1, 0.15) is 47.2 Å². The number of ketones is 1. The molecule has 0 aromatic heterocycles. The van der Waals surface area contributed by atoms with E-state index in [1.165, 1.54) is 12.1 Å². The number of hydrogen-bond acceptors (Lipinski definition) is 6. The molecule has 0 bridgehead atoms. The average Bonchev–Trinajstić information content (AvgIpc) is 2.86. The van der Waals surface area contributed by atoms with Crippen molar-refractivity contribution in [3.8, 4) is 11.3 Å². The summed E-state index contributed by atoms with van der Waals surface area (Å²) in [6.07, 6.45) is 3.66. The first-order valence-corrected chi connectivity index (χ1v) is 12.1. The first kappa shape index (κ1) is 25.4. The van der Waals surface area contributed by atoms with Crippen LogP contribution >= 0.6 is 12.2 Å². The molecule has 0 fully saturated rings. The lowest BCUT2D eigenvalue weighted by atomic mass is 9.91. The predicted octanol–water partition coefficient (Wildman–Crippen LogP) is 6.79. The molecule has 0 atom stereocenters. The molecule has 5 nitrogen and oxygen atoms in total. The van der Waals surface area contributed by atoms with Gasteiger partial charge in [-0.2, -0.15) is 0 Å². The highest BCUT2D eigenvalue weighted by molar-refractivity contribution is 7.78. The van der Waals surface area contributed by atoms with E-state index in [9.17, 15) is 14.0 Å². The van der Waals surface area contributed by atoms with Crippen molar-refractivity contribution in [1.29, 1.82) is 0 Å². The molecule has 2 aromatic rings. The Kier molecular flexibility index (Phi) is 7.98. The Hall–Kier alpha value is -3.74. The van der Waals surface area contributed by atoms with Gasteiger partial charge in [-0.25, -0.2) is 13.8 Å². The zero-order valence-corrected chi connectivity index (χ0v) is 20.5. The van der Waals surface area contributed by atoms with Crippen molar-refractivity contribution in [3.05, 3.63) is 87.1 Å².